The first-order valence-corrected chi connectivity index (χ1v) is 5.01. The molecule has 0 atom stereocenters. The van der Waals surface area contributed by atoms with Gasteiger partial charge in [-0.2, -0.15) is 0 Å². The van der Waals surface area contributed by atoms with Crippen LogP contribution in [0.15, 0.2) is 18.3 Å². The first-order chi connectivity index (χ1) is 7.11. The minimum atomic E-state index is -0.494. The van der Waals surface area contributed by atoms with Crippen LogP contribution in [-0.2, 0) is 7.05 Å². The summed E-state index contributed by atoms with van der Waals surface area (Å²) in [5.41, 5.74) is 0.666. The van der Waals surface area contributed by atoms with E-state index in [9.17, 15) is 8.78 Å². The Labute approximate surface area is 88.3 Å². The summed E-state index contributed by atoms with van der Waals surface area (Å²) in [6, 6.07) is 3.00. The summed E-state index contributed by atoms with van der Waals surface area (Å²) in [5, 5.41) is 0.474. The van der Waals surface area contributed by atoms with E-state index in [1.165, 1.54) is 13.0 Å². The molecule has 0 N–H and O–H groups in total. The Bertz CT molecular complexity index is 472. The molecule has 1 aromatic carbocycles. The van der Waals surface area contributed by atoms with Crippen LogP contribution in [0.5, 0.6) is 0 Å². The maximum Gasteiger partial charge on any atom is 0.138 e. The van der Waals surface area contributed by atoms with E-state index >= 15 is 0 Å². The minimum absolute atomic E-state index is 0.0821. The lowest BCUT2D eigenvalue weighted by molar-refractivity contribution is 0.576. The van der Waals surface area contributed by atoms with Crippen molar-refractivity contribution < 1.29 is 8.78 Å². The van der Waals surface area contributed by atoms with Gasteiger partial charge in [-0.3, -0.25) is 0 Å². The molecule has 0 fully saturated rings. The molecular formula is C12H15F2N. The number of nitrogens with zero attached hydrogens (tertiary/aromatic N) is 1. The summed E-state index contributed by atoms with van der Waals surface area (Å²) in [6.07, 6.45) is 1.71. The second-order valence-electron chi connectivity index (χ2n) is 3.16. The van der Waals surface area contributed by atoms with Gasteiger partial charge in [0.15, 0.2) is 0 Å². The molecule has 0 bridgehead atoms. The first kappa shape index (κ1) is 11.7. The van der Waals surface area contributed by atoms with Crippen molar-refractivity contribution in [3.63, 3.8) is 0 Å². The third kappa shape index (κ3) is 1.87. The average molecular weight is 211 g/mol. The highest BCUT2D eigenvalue weighted by molar-refractivity contribution is 5.81. The maximum absolute atomic E-state index is 13.4. The zero-order valence-electron chi connectivity index (χ0n) is 9.44. The average Bonchev–Trinajstić information content (AvgIpc) is 2.61. The van der Waals surface area contributed by atoms with Crippen molar-refractivity contribution in [2.24, 2.45) is 7.05 Å². The molecule has 0 radical (unpaired) electrons. The Balaban J connectivity index is 0.000000531. The van der Waals surface area contributed by atoms with Crippen molar-refractivity contribution in [2.75, 3.05) is 0 Å². The number of rotatable bonds is 0. The van der Waals surface area contributed by atoms with Crippen LogP contribution in [0.1, 0.15) is 19.4 Å². The molecule has 1 heterocycles. The molecular weight excluding hydrogens is 196 g/mol. The lowest BCUT2D eigenvalue weighted by Gasteiger charge is -2.01. The van der Waals surface area contributed by atoms with Gasteiger partial charge in [-0.1, -0.05) is 13.8 Å². The lowest BCUT2D eigenvalue weighted by atomic mass is 10.1. The van der Waals surface area contributed by atoms with E-state index in [1.807, 2.05) is 13.8 Å². The van der Waals surface area contributed by atoms with Gasteiger partial charge in [0.05, 0.1) is 5.52 Å². The molecule has 0 aliphatic rings. The van der Waals surface area contributed by atoms with Gasteiger partial charge >= 0.3 is 0 Å². The lowest BCUT2D eigenvalue weighted by Crippen LogP contribution is -1.92. The monoisotopic (exact) mass is 211 g/mol. The molecule has 0 aliphatic heterocycles. The van der Waals surface area contributed by atoms with Gasteiger partial charge in [-0.15, -0.1) is 0 Å². The zero-order chi connectivity index (χ0) is 11.6. The Morgan fingerprint density at radius 2 is 1.80 bits per heavy atom. The molecule has 15 heavy (non-hydrogen) atoms. The van der Waals surface area contributed by atoms with Crippen LogP contribution in [0.2, 0.25) is 0 Å². The van der Waals surface area contributed by atoms with Crippen molar-refractivity contribution in [1.82, 2.24) is 4.57 Å². The van der Waals surface area contributed by atoms with Crippen molar-refractivity contribution in [3.8, 4) is 0 Å². The van der Waals surface area contributed by atoms with E-state index in [0.29, 0.717) is 10.9 Å². The van der Waals surface area contributed by atoms with Gasteiger partial charge < -0.3 is 4.57 Å². The van der Waals surface area contributed by atoms with E-state index in [0.717, 1.165) is 0 Å². The third-order valence-corrected chi connectivity index (χ3v) is 2.31. The molecule has 3 heteroatoms. The van der Waals surface area contributed by atoms with Gasteiger partial charge in [0.2, 0.25) is 0 Å². The summed E-state index contributed by atoms with van der Waals surface area (Å²) >= 11 is 0. The molecule has 0 amide bonds. The summed E-state index contributed by atoms with van der Waals surface area (Å²) in [6.45, 7) is 5.44. The van der Waals surface area contributed by atoms with Crippen LogP contribution in [0.3, 0.4) is 0 Å². The smallest absolute Gasteiger partial charge is 0.138 e. The van der Waals surface area contributed by atoms with Gasteiger partial charge in [0, 0.05) is 24.2 Å². The Kier molecular flexibility index (Phi) is 3.45. The van der Waals surface area contributed by atoms with Crippen molar-refractivity contribution in [1.29, 1.82) is 0 Å². The van der Waals surface area contributed by atoms with Gasteiger partial charge in [0.25, 0.3) is 0 Å². The predicted molar refractivity (Wildman–Crippen MR) is 58.9 cm³/mol. The summed E-state index contributed by atoms with van der Waals surface area (Å²) in [7, 11) is 1.76. The minimum Gasteiger partial charge on any atom is -0.350 e. The van der Waals surface area contributed by atoms with Crippen molar-refractivity contribution in [2.45, 2.75) is 20.8 Å². The summed E-state index contributed by atoms with van der Waals surface area (Å²) in [4.78, 5) is 0. The standard InChI is InChI=1S/C10H9F2N.C2H6/c1-6-8(11)5-9-7(10(6)12)3-4-13(9)2;1-2/h3-5H,1-2H3;1-2H3. The van der Waals surface area contributed by atoms with Crippen LogP contribution in [0, 0.1) is 18.6 Å². The highest BCUT2D eigenvalue weighted by Crippen LogP contribution is 2.23. The topological polar surface area (TPSA) is 4.93 Å². The Hall–Kier alpha value is -1.38. The van der Waals surface area contributed by atoms with Crippen LogP contribution >= 0.6 is 0 Å². The van der Waals surface area contributed by atoms with E-state index in [2.05, 4.69) is 0 Å². The highest BCUT2D eigenvalue weighted by atomic mass is 19.1. The van der Waals surface area contributed by atoms with E-state index in [1.54, 1.807) is 23.9 Å². The number of aryl methyl sites for hydroxylation is 1. The predicted octanol–water partition coefficient (Wildman–Crippen LogP) is 3.79. The van der Waals surface area contributed by atoms with Crippen molar-refractivity contribution >= 4 is 10.9 Å². The summed E-state index contributed by atoms with van der Waals surface area (Å²) in [5.74, 6) is -0.956. The fraction of sp³-hybridized carbons (Fsp3) is 0.333. The number of aromatic nitrogens is 1. The highest BCUT2D eigenvalue weighted by Gasteiger charge is 2.11. The first-order valence-electron chi connectivity index (χ1n) is 5.01. The maximum atomic E-state index is 13.4. The molecule has 1 nitrogen and oxygen atoms in total. The number of hydrogen-bond donors (Lipinski definition) is 0. The van der Waals surface area contributed by atoms with Crippen molar-refractivity contribution in [3.05, 3.63) is 35.5 Å². The second-order valence-corrected chi connectivity index (χ2v) is 3.16. The van der Waals surface area contributed by atoms with Gasteiger partial charge in [-0.05, 0) is 19.1 Å². The van der Waals surface area contributed by atoms with E-state index in [4.69, 9.17) is 0 Å². The molecule has 0 saturated carbocycles. The molecule has 2 rings (SSSR count). The van der Waals surface area contributed by atoms with Crippen LogP contribution in [-0.4, -0.2) is 4.57 Å². The quantitative estimate of drug-likeness (QED) is 0.624. The number of fused-ring (bicyclic) bond motifs is 1. The largest absolute Gasteiger partial charge is 0.350 e. The molecule has 0 aliphatic carbocycles. The normalized spacial score (nSPS) is 10.0. The number of halogens is 2. The van der Waals surface area contributed by atoms with E-state index in [-0.39, 0.29) is 5.56 Å². The number of benzene rings is 1. The SMILES string of the molecule is CC.Cc1c(F)cc2c(ccn2C)c1F. The fourth-order valence-electron chi connectivity index (χ4n) is 1.44. The Morgan fingerprint density at radius 3 is 2.40 bits per heavy atom. The molecule has 0 unspecified atom stereocenters. The van der Waals surface area contributed by atoms with Crippen LogP contribution in [0.25, 0.3) is 10.9 Å². The third-order valence-electron chi connectivity index (χ3n) is 2.31. The summed E-state index contributed by atoms with van der Waals surface area (Å²) < 4.78 is 28.2. The second kappa shape index (κ2) is 4.43. The molecule has 1 aromatic heterocycles. The van der Waals surface area contributed by atoms with Crippen LogP contribution in [0.4, 0.5) is 8.78 Å². The molecule has 0 spiro atoms. The number of hydrogen-bond acceptors (Lipinski definition) is 0. The fourth-order valence-corrected chi connectivity index (χ4v) is 1.44. The van der Waals surface area contributed by atoms with Crippen LogP contribution < -0.4 is 0 Å². The molecule has 2 aromatic rings. The van der Waals surface area contributed by atoms with E-state index < -0.39 is 11.6 Å². The molecule has 0 saturated heterocycles. The zero-order valence-corrected chi connectivity index (χ0v) is 9.44. The van der Waals surface area contributed by atoms with Gasteiger partial charge in [-0.25, -0.2) is 8.78 Å². The Morgan fingerprint density at radius 1 is 1.20 bits per heavy atom. The van der Waals surface area contributed by atoms with Gasteiger partial charge in [0.1, 0.15) is 11.6 Å². The molecule has 82 valence electrons.